The number of hydrogen-bond acceptors (Lipinski definition) is 3. The second kappa shape index (κ2) is 6.21. The quantitative estimate of drug-likeness (QED) is 0.774. The summed E-state index contributed by atoms with van der Waals surface area (Å²) in [6.07, 6.45) is 2.30. The first-order valence-corrected chi connectivity index (χ1v) is 6.17. The minimum absolute atomic E-state index is 0. The first-order valence-electron chi connectivity index (χ1n) is 6.17. The molecule has 0 aliphatic carbocycles. The Hall–Kier alpha value is -0.610. The predicted octanol–water partition coefficient (Wildman–Crippen LogP) is 0.783. The van der Waals surface area contributed by atoms with E-state index in [0.717, 1.165) is 25.9 Å². The smallest absolute Gasteiger partial charge is 0.236 e. The summed E-state index contributed by atoms with van der Waals surface area (Å²) in [4.78, 5) is 15.5. The monoisotopic (exact) mass is 229 g/mol. The maximum atomic E-state index is 11.5. The molecule has 0 unspecified atom stereocenters. The third-order valence-electron chi connectivity index (χ3n) is 3.01. The van der Waals surface area contributed by atoms with Gasteiger partial charge < -0.3 is 10.2 Å². The average Bonchev–Trinajstić information content (AvgIpc) is 2.20. The van der Waals surface area contributed by atoms with Crippen molar-refractivity contribution in [3.8, 4) is 0 Å². The van der Waals surface area contributed by atoms with Crippen LogP contribution in [0, 0.1) is 0 Å². The molecule has 1 aliphatic heterocycles. The standard InChI is InChI=1S/C12H25N3O.H2/c1-10(2)13-11-5-7-15(8-6-11)9-12(16)14(3)4;/h10-11,13H,5-9H2,1-4H3;1H. The fourth-order valence-corrected chi connectivity index (χ4v) is 2.06. The number of amides is 1. The molecule has 0 aromatic carbocycles. The van der Waals surface area contributed by atoms with Crippen molar-refractivity contribution < 1.29 is 6.22 Å². The van der Waals surface area contributed by atoms with Crippen LogP contribution in [0.1, 0.15) is 28.1 Å². The summed E-state index contributed by atoms with van der Waals surface area (Å²) >= 11 is 0. The first-order chi connectivity index (χ1) is 7.49. The average molecular weight is 229 g/mol. The van der Waals surface area contributed by atoms with E-state index >= 15 is 0 Å². The van der Waals surface area contributed by atoms with Gasteiger partial charge in [0.15, 0.2) is 0 Å². The van der Waals surface area contributed by atoms with Crippen molar-refractivity contribution in [1.82, 2.24) is 15.1 Å². The van der Waals surface area contributed by atoms with E-state index in [4.69, 9.17) is 0 Å². The number of piperidine rings is 1. The zero-order valence-electron chi connectivity index (χ0n) is 11.0. The molecule has 1 saturated heterocycles. The number of rotatable bonds is 4. The van der Waals surface area contributed by atoms with E-state index in [1.54, 1.807) is 4.90 Å². The van der Waals surface area contributed by atoms with Gasteiger partial charge in [-0.15, -0.1) is 0 Å². The summed E-state index contributed by atoms with van der Waals surface area (Å²) in [5, 5.41) is 3.56. The van der Waals surface area contributed by atoms with E-state index in [9.17, 15) is 4.79 Å². The number of nitrogens with one attached hydrogen (secondary N) is 1. The molecule has 1 heterocycles. The van der Waals surface area contributed by atoms with Crippen molar-refractivity contribution >= 4 is 5.91 Å². The molecule has 1 N–H and O–H groups in total. The summed E-state index contributed by atoms with van der Waals surface area (Å²) in [6.45, 7) is 7.00. The fourth-order valence-electron chi connectivity index (χ4n) is 2.06. The lowest BCUT2D eigenvalue weighted by molar-refractivity contribution is -0.130. The van der Waals surface area contributed by atoms with Crippen LogP contribution >= 0.6 is 0 Å². The minimum Gasteiger partial charge on any atom is -0.348 e. The van der Waals surface area contributed by atoms with Crippen molar-refractivity contribution in [1.29, 1.82) is 0 Å². The zero-order valence-corrected chi connectivity index (χ0v) is 11.0. The topological polar surface area (TPSA) is 35.6 Å². The molecule has 96 valence electrons. The van der Waals surface area contributed by atoms with E-state index in [0.29, 0.717) is 18.6 Å². The largest absolute Gasteiger partial charge is 0.348 e. The van der Waals surface area contributed by atoms with E-state index in [1.807, 2.05) is 14.1 Å². The van der Waals surface area contributed by atoms with Gasteiger partial charge >= 0.3 is 0 Å². The first kappa shape index (κ1) is 13.5. The van der Waals surface area contributed by atoms with E-state index in [1.165, 1.54) is 0 Å². The van der Waals surface area contributed by atoms with Crippen LogP contribution in [0.4, 0.5) is 0 Å². The summed E-state index contributed by atoms with van der Waals surface area (Å²) in [7, 11) is 3.63. The lowest BCUT2D eigenvalue weighted by Crippen LogP contribution is -2.47. The van der Waals surface area contributed by atoms with Crippen LogP contribution in [0.3, 0.4) is 0 Å². The Labute approximate surface area is 100 Å². The van der Waals surface area contributed by atoms with Gasteiger partial charge in [-0.3, -0.25) is 9.69 Å². The lowest BCUT2D eigenvalue weighted by Gasteiger charge is -2.33. The molecule has 0 spiro atoms. The zero-order chi connectivity index (χ0) is 12.1. The molecule has 1 fully saturated rings. The molecule has 1 rings (SSSR count). The van der Waals surface area contributed by atoms with Crippen LogP contribution < -0.4 is 5.32 Å². The normalized spacial score (nSPS) is 19.1. The minimum atomic E-state index is 0. The number of hydrogen-bond donors (Lipinski definition) is 1. The molecule has 0 atom stereocenters. The van der Waals surface area contributed by atoms with Crippen molar-refractivity contribution in [2.24, 2.45) is 0 Å². The highest BCUT2D eigenvalue weighted by molar-refractivity contribution is 5.77. The van der Waals surface area contributed by atoms with Crippen LogP contribution in [0.5, 0.6) is 0 Å². The molecule has 1 amide bonds. The predicted molar refractivity (Wildman–Crippen MR) is 68.5 cm³/mol. The summed E-state index contributed by atoms with van der Waals surface area (Å²) in [6, 6.07) is 1.19. The number of likely N-dealkylation sites (tertiary alicyclic amines) is 1. The lowest BCUT2D eigenvalue weighted by atomic mass is 10.0. The van der Waals surface area contributed by atoms with Crippen LogP contribution in [0.15, 0.2) is 0 Å². The van der Waals surface area contributed by atoms with Gasteiger partial charge in [0, 0.05) is 40.7 Å². The molecule has 0 saturated carbocycles. The molecular weight excluding hydrogens is 202 g/mol. The molecule has 4 heteroatoms. The van der Waals surface area contributed by atoms with E-state index in [2.05, 4.69) is 24.1 Å². The molecule has 0 radical (unpaired) electrons. The van der Waals surface area contributed by atoms with Crippen molar-refractivity contribution in [2.75, 3.05) is 33.7 Å². The molecular formula is C12H27N3O. The summed E-state index contributed by atoms with van der Waals surface area (Å²) in [5.41, 5.74) is 0. The van der Waals surface area contributed by atoms with Gasteiger partial charge in [-0.2, -0.15) is 0 Å². The van der Waals surface area contributed by atoms with Crippen molar-refractivity contribution in [3.05, 3.63) is 0 Å². The third kappa shape index (κ3) is 4.49. The van der Waals surface area contributed by atoms with Crippen LogP contribution in [-0.4, -0.2) is 61.5 Å². The Balaban J connectivity index is 0.00000256. The second-order valence-corrected chi connectivity index (χ2v) is 5.16. The fraction of sp³-hybridized carbons (Fsp3) is 0.917. The number of likely N-dealkylation sites (N-methyl/N-ethyl adjacent to an activating group) is 1. The Bertz CT molecular complexity index is 226. The molecule has 16 heavy (non-hydrogen) atoms. The van der Waals surface area contributed by atoms with E-state index < -0.39 is 0 Å². The Morgan fingerprint density at radius 1 is 1.44 bits per heavy atom. The van der Waals surface area contributed by atoms with Gasteiger partial charge in [-0.1, -0.05) is 13.8 Å². The van der Waals surface area contributed by atoms with Gasteiger partial charge in [0.05, 0.1) is 6.54 Å². The number of nitrogens with zero attached hydrogens (tertiary/aromatic N) is 2. The Morgan fingerprint density at radius 2 is 2.00 bits per heavy atom. The van der Waals surface area contributed by atoms with Crippen LogP contribution in [0.2, 0.25) is 0 Å². The molecule has 0 aromatic heterocycles. The highest BCUT2D eigenvalue weighted by Crippen LogP contribution is 2.10. The van der Waals surface area contributed by atoms with E-state index in [-0.39, 0.29) is 7.33 Å². The number of carbonyl (C=O) groups excluding carboxylic acids is 1. The highest BCUT2D eigenvalue weighted by Gasteiger charge is 2.21. The Kier molecular flexibility index (Phi) is 5.22. The van der Waals surface area contributed by atoms with Crippen molar-refractivity contribution in [3.63, 3.8) is 0 Å². The van der Waals surface area contributed by atoms with Crippen LogP contribution in [0.25, 0.3) is 0 Å². The summed E-state index contributed by atoms with van der Waals surface area (Å²) in [5.74, 6) is 0.204. The van der Waals surface area contributed by atoms with Gasteiger partial charge in [0.25, 0.3) is 0 Å². The molecule has 0 bridgehead atoms. The van der Waals surface area contributed by atoms with Gasteiger partial charge in [-0.25, -0.2) is 0 Å². The molecule has 0 aromatic rings. The van der Waals surface area contributed by atoms with Gasteiger partial charge in [0.2, 0.25) is 5.91 Å². The molecule has 4 nitrogen and oxygen atoms in total. The van der Waals surface area contributed by atoms with Gasteiger partial charge in [-0.05, 0) is 12.8 Å². The maximum Gasteiger partial charge on any atom is 0.236 e. The van der Waals surface area contributed by atoms with Crippen LogP contribution in [-0.2, 0) is 4.79 Å². The SMILES string of the molecule is CC(C)NC1CCN(CC(=O)N(C)C)CC1.[HH]. The van der Waals surface area contributed by atoms with Gasteiger partial charge in [0.1, 0.15) is 0 Å². The van der Waals surface area contributed by atoms with Crippen molar-refractivity contribution in [2.45, 2.75) is 38.8 Å². The maximum absolute atomic E-state index is 11.5. The number of carbonyl (C=O) groups is 1. The molecule has 1 aliphatic rings. The summed E-state index contributed by atoms with van der Waals surface area (Å²) < 4.78 is 0. The highest BCUT2D eigenvalue weighted by atomic mass is 16.2. The second-order valence-electron chi connectivity index (χ2n) is 5.16. The Morgan fingerprint density at radius 3 is 2.44 bits per heavy atom. The third-order valence-corrected chi connectivity index (χ3v) is 3.01.